The van der Waals surface area contributed by atoms with E-state index < -0.39 is 12.0 Å². The third kappa shape index (κ3) is 5.94. The van der Waals surface area contributed by atoms with E-state index >= 15 is 0 Å². The molecule has 0 aromatic heterocycles. The normalized spacial score (nSPS) is 24.2. The summed E-state index contributed by atoms with van der Waals surface area (Å²) >= 11 is 0. The van der Waals surface area contributed by atoms with Crippen molar-refractivity contribution in [2.45, 2.75) is 52.5 Å². The molecule has 3 N–H and O–H groups in total. The number of carbonyl (C=O) groups excluding carboxylic acids is 1. The lowest BCUT2D eigenvalue weighted by molar-refractivity contribution is -0.139. The van der Waals surface area contributed by atoms with Crippen LogP contribution >= 0.6 is 0 Å². The molecule has 3 atom stereocenters. The Hall–Kier alpha value is -1.26. The molecule has 1 rings (SSSR count). The molecule has 0 radical (unpaired) electrons. The van der Waals surface area contributed by atoms with Crippen LogP contribution in [0.25, 0.3) is 0 Å². The van der Waals surface area contributed by atoms with Gasteiger partial charge in [0.15, 0.2) is 0 Å². The average Bonchev–Trinajstić information content (AvgIpc) is 2.71. The number of nitrogens with one attached hydrogen (secondary N) is 2. The molecule has 2 amide bonds. The lowest BCUT2D eigenvalue weighted by Gasteiger charge is -2.18. The Labute approximate surface area is 115 Å². The van der Waals surface area contributed by atoms with Gasteiger partial charge in [0.1, 0.15) is 6.04 Å². The van der Waals surface area contributed by atoms with E-state index in [-0.39, 0.29) is 11.9 Å². The molecular formula is C14H26N2O3. The Balaban J connectivity index is 2.30. The van der Waals surface area contributed by atoms with Crippen molar-refractivity contribution >= 4 is 12.0 Å². The van der Waals surface area contributed by atoms with Gasteiger partial charge in [-0.25, -0.2) is 9.59 Å². The van der Waals surface area contributed by atoms with Gasteiger partial charge >= 0.3 is 12.0 Å². The van der Waals surface area contributed by atoms with Crippen molar-refractivity contribution in [2.75, 3.05) is 6.54 Å². The minimum Gasteiger partial charge on any atom is -0.480 e. The quantitative estimate of drug-likeness (QED) is 0.692. The van der Waals surface area contributed by atoms with Gasteiger partial charge < -0.3 is 15.7 Å². The monoisotopic (exact) mass is 270 g/mol. The van der Waals surface area contributed by atoms with Crippen molar-refractivity contribution < 1.29 is 14.7 Å². The molecule has 1 aliphatic carbocycles. The number of carboxylic acid groups (broad SMARTS) is 1. The van der Waals surface area contributed by atoms with Crippen LogP contribution in [-0.4, -0.2) is 29.7 Å². The van der Waals surface area contributed by atoms with Crippen LogP contribution in [0.5, 0.6) is 0 Å². The molecule has 0 aromatic rings. The van der Waals surface area contributed by atoms with Crippen LogP contribution in [0.1, 0.15) is 46.5 Å². The predicted molar refractivity (Wildman–Crippen MR) is 73.9 cm³/mol. The number of hydrogen-bond donors (Lipinski definition) is 3. The first kappa shape index (κ1) is 15.8. The SMILES string of the molecule is CC(C)C[C@@H](NC(=O)NCC1CCC(C)C1)C(=O)O. The fourth-order valence-corrected chi connectivity index (χ4v) is 2.65. The zero-order valence-electron chi connectivity index (χ0n) is 12.1. The molecule has 19 heavy (non-hydrogen) atoms. The van der Waals surface area contributed by atoms with Crippen molar-refractivity contribution in [2.24, 2.45) is 17.8 Å². The van der Waals surface area contributed by atoms with E-state index in [0.29, 0.717) is 18.9 Å². The maximum absolute atomic E-state index is 11.7. The molecule has 5 nitrogen and oxygen atoms in total. The van der Waals surface area contributed by atoms with Crippen molar-refractivity contribution in [1.82, 2.24) is 10.6 Å². The zero-order valence-corrected chi connectivity index (χ0v) is 12.1. The van der Waals surface area contributed by atoms with E-state index in [1.165, 1.54) is 6.42 Å². The van der Waals surface area contributed by atoms with Gasteiger partial charge in [-0.1, -0.05) is 27.2 Å². The first-order chi connectivity index (χ1) is 8.88. The van der Waals surface area contributed by atoms with Crippen molar-refractivity contribution in [3.63, 3.8) is 0 Å². The molecule has 5 heteroatoms. The zero-order chi connectivity index (χ0) is 14.4. The highest BCUT2D eigenvalue weighted by atomic mass is 16.4. The first-order valence-corrected chi connectivity index (χ1v) is 7.15. The van der Waals surface area contributed by atoms with Crippen molar-refractivity contribution in [3.8, 4) is 0 Å². The second-order valence-electron chi connectivity index (χ2n) is 6.16. The molecule has 1 aliphatic rings. The highest BCUT2D eigenvalue weighted by Gasteiger charge is 2.23. The van der Waals surface area contributed by atoms with Crippen LogP contribution in [0.3, 0.4) is 0 Å². The van der Waals surface area contributed by atoms with Crippen LogP contribution in [0, 0.1) is 17.8 Å². The van der Waals surface area contributed by atoms with Gasteiger partial charge in [-0.05, 0) is 37.0 Å². The Bertz CT molecular complexity index is 318. The molecule has 1 fully saturated rings. The van der Waals surface area contributed by atoms with Crippen LogP contribution in [0.2, 0.25) is 0 Å². The standard InChI is InChI=1S/C14H26N2O3/c1-9(2)6-12(13(17)18)16-14(19)15-8-11-5-4-10(3)7-11/h9-12H,4-8H2,1-3H3,(H,17,18)(H2,15,16,19)/t10?,11?,12-/m1/s1. The summed E-state index contributed by atoms with van der Waals surface area (Å²) in [5, 5.41) is 14.4. The number of carbonyl (C=O) groups is 2. The molecule has 1 saturated carbocycles. The Morgan fingerprint density at radius 3 is 2.47 bits per heavy atom. The molecule has 0 spiro atoms. The largest absolute Gasteiger partial charge is 0.480 e. The van der Waals surface area contributed by atoms with E-state index in [2.05, 4.69) is 17.6 Å². The average molecular weight is 270 g/mol. The molecular weight excluding hydrogens is 244 g/mol. The fraction of sp³-hybridized carbons (Fsp3) is 0.857. The Morgan fingerprint density at radius 2 is 2.00 bits per heavy atom. The Kier molecular flexibility index (Phi) is 6.12. The van der Waals surface area contributed by atoms with Gasteiger partial charge in [0.25, 0.3) is 0 Å². The topological polar surface area (TPSA) is 78.4 Å². The third-order valence-electron chi connectivity index (χ3n) is 3.67. The Morgan fingerprint density at radius 1 is 1.32 bits per heavy atom. The molecule has 110 valence electrons. The lowest BCUT2D eigenvalue weighted by atomic mass is 10.0. The van der Waals surface area contributed by atoms with Crippen LogP contribution < -0.4 is 10.6 Å². The molecule has 0 saturated heterocycles. The summed E-state index contributed by atoms with van der Waals surface area (Å²) in [4.78, 5) is 22.7. The number of rotatable bonds is 6. The molecule has 0 bridgehead atoms. The van der Waals surface area contributed by atoms with Crippen molar-refractivity contribution in [3.05, 3.63) is 0 Å². The first-order valence-electron chi connectivity index (χ1n) is 7.15. The highest BCUT2D eigenvalue weighted by molar-refractivity contribution is 5.82. The maximum atomic E-state index is 11.7. The number of amides is 2. The minimum atomic E-state index is -0.974. The van der Waals surface area contributed by atoms with Gasteiger partial charge in [0.05, 0.1) is 0 Å². The number of urea groups is 1. The summed E-state index contributed by atoms with van der Waals surface area (Å²) in [5.41, 5.74) is 0. The van der Waals surface area contributed by atoms with Gasteiger partial charge in [-0.3, -0.25) is 0 Å². The van der Waals surface area contributed by atoms with E-state index in [0.717, 1.165) is 18.8 Å². The summed E-state index contributed by atoms with van der Waals surface area (Å²) in [7, 11) is 0. The summed E-state index contributed by atoms with van der Waals surface area (Å²) in [6.45, 7) is 6.75. The smallest absolute Gasteiger partial charge is 0.326 e. The molecule has 0 aromatic carbocycles. The van der Waals surface area contributed by atoms with E-state index in [1.54, 1.807) is 0 Å². The van der Waals surface area contributed by atoms with E-state index in [9.17, 15) is 9.59 Å². The van der Waals surface area contributed by atoms with Gasteiger partial charge in [-0.2, -0.15) is 0 Å². The second kappa shape index (κ2) is 7.36. The fourth-order valence-electron chi connectivity index (χ4n) is 2.65. The third-order valence-corrected chi connectivity index (χ3v) is 3.67. The number of aliphatic carboxylic acids is 1. The molecule has 0 heterocycles. The summed E-state index contributed by atoms with van der Waals surface area (Å²) < 4.78 is 0. The highest BCUT2D eigenvalue weighted by Crippen LogP contribution is 2.29. The maximum Gasteiger partial charge on any atom is 0.326 e. The van der Waals surface area contributed by atoms with Crippen LogP contribution in [0.4, 0.5) is 4.79 Å². The van der Waals surface area contributed by atoms with Crippen LogP contribution in [0.15, 0.2) is 0 Å². The molecule has 2 unspecified atom stereocenters. The summed E-state index contributed by atoms with van der Waals surface area (Å²) in [6.07, 6.45) is 3.96. The minimum absolute atomic E-state index is 0.233. The second-order valence-corrected chi connectivity index (χ2v) is 6.16. The van der Waals surface area contributed by atoms with Gasteiger partial charge in [-0.15, -0.1) is 0 Å². The number of hydrogen-bond acceptors (Lipinski definition) is 2. The lowest BCUT2D eigenvalue weighted by Crippen LogP contribution is -2.47. The summed E-state index contributed by atoms with van der Waals surface area (Å²) in [6, 6.07) is -1.17. The van der Waals surface area contributed by atoms with E-state index in [1.807, 2.05) is 13.8 Å². The number of carboxylic acids is 1. The molecule has 0 aliphatic heterocycles. The predicted octanol–water partition coefficient (Wildman–Crippen LogP) is 2.22. The van der Waals surface area contributed by atoms with Gasteiger partial charge in [0.2, 0.25) is 0 Å². The van der Waals surface area contributed by atoms with Crippen molar-refractivity contribution in [1.29, 1.82) is 0 Å². The summed E-state index contributed by atoms with van der Waals surface area (Å²) in [5.74, 6) is 0.534. The van der Waals surface area contributed by atoms with Crippen LogP contribution in [-0.2, 0) is 4.79 Å². The van der Waals surface area contributed by atoms with E-state index in [4.69, 9.17) is 5.11 Å². The van der Waals surface area contributed by atoms with Gasteiger partial charge in [0, 0.05) is 6.54 Å².